The van der Waals surface area contributed by atoms with Gasteiger partial charge < -0.3 is 4.74 Å². The minimum Gasteiger partial charge on any atom is -0.408 e. The smallest absolute Gasteiger partial charge is 0.408 e. The highest BCUT2D eigenvalue weighted by molar-refractivity contribution is 14.1. The number of amides is 1. The van der Waals surface area contributed by atoms with Gasteiger partial charge in [0.1, 0.15) is 0 Å². The number of hydrogen-bond donors (Lipinski definition) is 0. The lowest BCUT2D eigenvalue weighted by Gasteiger charge is -2.31. The number of nitrogens with zero attached hydrogens (tertiary/aromatic N) is 1. The van der Waals surface area contributed by atoms with Crippen LogP contribution in [0.15, 0.2) is 48.5 Å². The number of aryl methyl sites for hydroxylation is 1. The fourth-order valence-corrected chi connectivity index (χ4v) is 3.53. The highest BCUT2D eigenvalue weighted by Crippen LogP contribution is 2.39. The second-order valence-electron chi connectivity index (χ2n) is 5.24. The summed E-state index contributed by atoms with van der Waals surface area (Å²) >= 11 is 2.21. The summed E-state index contributed by atoms with van der Waals surface area (Å²) in [4.78, 5) is 14.1. The van der Waals surface area contributed by atoms with Crippen molar-refractivity contribution < 1.29 is 9.53 Å². The second-order valence-corrected chi connectivity index (χ2v) is 6.40. The van der Waals surface area contributed by atoms with E-state index in [-0.39, 0.29) is 6.09 Å². The first-order valence-electron chi connectivity index (χ1n) is 7.10. The van der Waals surface area contributed by atoms with Crippen molar-refractivity contribution in [1.82, 2.24) is 4.90 Å². The van der Waals surface area contributed by atoms with E-state index in [2.05, 4.69) is 28.7 Å². The van der Waals surface area contributed by atoms with Crippen LogP contribution in [0.5, 0.6) is 5.75 Å². The van der Waals surface area contributed by atoms with Crippen LogP contribution in [0.1, 0.15) is 23.6 Å². The van der Waals surface area contributed by atoms with Crippen LogP contribution in [-0.2, 0) is 6.54 Å². The molecule has 0 radical (unpaired) electrons. The maximum absolute atomic E-state index is 12.4. The third-order valence-corrected chi connectivity index (χ3v) is 4.42. The summed E-state index contributed by atoms with van der Waals surface area (Å²) in [5, 5.41) is 0. The molecule has 1 aliphatic heterocycles. The zero-order valence-electron chi connectivity index (χ0n) is 12.5. The topological polar surface area (TPSA) is 29.5 Å². The first kappa shape index (κ1) is 15.1. The van der Waals surface area contributed by atoms with E-state index in [0.717, 1.165) is 26.0 Å². The summed E-state index contributed by atoms with van der Waals surface area (Å²) in [6.45, 7) is 4.50. The number of allylic oxidation sites excluding steroid dienone is 1. The quantitative estimate of drug-likeness (QED) is 0.660. The normalized spacial score (nSPS) is 15.7. The van der Waals surface area contributed by atoms with Crippen LogP contribution < -0.4 is 4.74 Å². The van der Waals surface area contributed by atoms with E-state index in [9.17, 15) is 4.79 Å². The standard InChI is InChI=1S/C18H16INO2/c1-3-16-14-9-12(2)10-15(19)17(14)22-18(21)20(16)11-13-7-5-4-6-8-13/h3-10H,11H2,1-2H3/b16-3-. The molecule has 0 bridgehead atoms. The lowest BCUT2D eigenvalue weighted by atomic mass is 10.0. The van der Waals surface area contributed by atoms with Gasteiger partial charge in [-0.2, -0.15) is 0 Å². The van der Waals surface area contributed by atoms with Crippen LogP contribution in [0.2, 0.25) is 0 Å². The van der Waals surface area contributed by atoms with Crippen molar-refractivity contribution in [1.29, 1.82) is 0 Å². The van der Waals surface area contributed by atoms with Crippen molar-refractivity contribution in [2.24, 2.45) is 0 Å². The number of benzene rings is 2. The van der Waals surface area contributed by atoms with Gasteiger partial charge in [0, 0.05) is 5.56 Å². The number of halogens is 1. The maximum atomic E-state index is 12.4. The predicted octanol–water partition coefficient (Wildman–Crippen LogP) is 4.98. The van der Waals surface area contributed by atoms with Crippen molar-refractivity contribution >= 4 is 34.4 Å². The molecular formula is C18H16INO2. The average molecular weight is 405 g/mol. The van der Waals surface area contributed by atoms with Crippen molar-refractivity contribution in [2.45, 2.75) is 20.4 Å². The number of carbonyl (C=O) groups is 1. The molecule has 0 N–H and O–H groups in total. The largest absolute Gasteiger partial charge is 0.420 e. The molecule has 0 fully saturated rings. The van der Waals surface area contributed by atoms with Crippen molar-refractivity contribution in [3.8, 4) is 5.75 Å². The van der Waals surface area contributed by atoms with E-state index in [1.165, 1.54) is 0 Å². The number of hydrogen-bond acceptors (Lipinski definition) is 2. The van der Waals surface area contributed by atoms with Crippen LogP contribution in [0.25, 0.3) is 5.70 Å². The highest BCUT2D eigenvalue weighted by Gasteiger charge is 2.31. The molecule has 0 saturated carbocycles. The van der Waals surface area contributed by atoms with Gasteiger partial charge in [-0.25, -0.2) is 4.79 Å². The van der Waals surface area contributed by atoms with Gasteiger partial charge in [0.15, 0.2) is 5.75 Å². The Morgan fingerprint density at radius 3 is 2.64 bits per heavy atom. The molecule has 0 aliphatic carbocycles. The molecule has 22 heavy (non-hydrogen) atoms. The van der Waals surface area contributed by atoms with E-state index >= 15 is 0 Å². The summed E-state index contributed by atoms with van der Waals surface area (Å²) in [6, 6.07) is 14.0. The zero-order chi connectivity index (χ0) is 15.7. The zero-order valence-corrected chi connectivity index (χ0v) is 14.6. The SMILES string of the molecule is C/C=C1/c2cc(C)cc(I)c2OC(=O)N1Cc1ccccc1. The summed E-state index contributed by atoms with van der Waals surface area (Å²) in [5.74, 6) is 0.661. The average Bonchev–Trinajstić information content (AvgIpc) is 2.50. The van der Waals surface area contributed by atoms with Crippen molar-refractivity contribution in [2.75, 3.05) is 0 Å². The fourth-order valence-electron chi connectivity index (χ4n) is 2.64. The molecule has 2 aromatic rings. The Labute approximate surface area is 143 Å². The predicted molar refractivity (Wildman–Crippen MR) is 95.6 cm³/mol. The molecule has 4 heteroatoms. The van der Waals surface area contributed by atoms with E-state index < -0.39 is 0 Å². The van der Waals surface area contributed by atoms with Gasteiger partial charge in [0.25, 0.3) is 0 Å². The molecule has 1 aliphatic rings. The first-order valence-corrected chi connectivity index (χ1v) is 8.18. The van der Waals surface area contributed by atoms with Gasteiger partial charge in [-0.3, -0.25) is 4.90 Å². The molecule has 0 spiro atoms. The summed E-state index contributed by atoms with van der Waals surface area (Å²) in [6.07, 6.45) is 1.64. The summed E-state index contributed by atoms with van der Waals surface area (Å²) in [5.41, 5.74) is 4.10. The van der Waals surface area contributed by atoms with Crippen LogP contribution in [0, 0.1) is 10.5 Å². The Morgan fingerprint density at radius 2 is 1.95 bits per heavy atom. The molecule has 3 rings (SSSR count). The van der Waals surface area contributed by atoms with E-state index in [4.69, 9.17) is 4.74 Å². The monoisotopic (exact) mass is 405 g/mol. The van der Waals surface area contributed by atoms with Crippen molar-refractivity contribution in [3.63, 3.8) is 0 Å². The Hall–Kier alpha value is -1.82. The van der Waals surface area contributed by atoms with Gasteiger partial charge in [0.05, 0.1) is 15.8 Å². The van der Waals surface area contributed by atoms with Crippen LogP contribution in [0.4, 0.5) is 4.79 Å². The second kappa shape index (κ2) is 6.12. The lowest BCUT2D eigenvalue weighted by Crippen LogP contribution is -2.35. The Morgan fingerprint density at radius 1 is 1.23 bits per heavy atom. The van der Waals surface area contributed by atoms with Crippen LogP contribution >= 0.6 is 22.6 Å². The highest BCUT2D eigenvalue weighted by atomic mass is 127. The summed E-state index contributed by atoms with van der Waals surface area (Å²) < 4.78 is 6.53. The molecule has 0 aromatic heterocycles. The van der Waals surface area contributed by atoms with E-state index in [0.29, 0.717) is 12.3 Å². The Bertz CT molecular complexity index is 753. The molecule has 112 valence electrons. The number of ether oxygens (including phenoxy) is 1. The van der Waals surface area contributed by atoms with Gasteiger partial charge in [-0.1, -0.05) is 36.4 Å². The molecule has 0 saturated heterocycles. The van der Waals surface area contributed by atoms with Crippen LogP contribution in [-0.4, -0.2) is 11.0 Å². The number of rotatable bonds is 2. The molecule has 3 nitrogen and oxygen atoms in total. The van der Waals surface area contributed by atoms with Gasteiger partial charge in [-0.05, 0) is 59.7 Å². The fraction of sp³-hybridized carbons (Fsp3) is 0.167. The molecule has 1 heterocycles. The van der Waals surface area contributed by atoms with Gasteiger partial charge in [0.2, 0.25) is 0 Å². The van der Waals surface area contributed by atoms with Gasteiger partial charge >= 0.3 is 6.09 Å². The maximum Gasteiger partial charge on any atom is 0.420 e. The van der Waals surface area contributed by atoms with Crippen LogP contribution in [0.3, 0.4) is 0 Å². The third-order valence-electron chi connectivity index (χ3n) is 3.62. The Kier molecular flexibility index (Phi) is 4.20. The van der Waals surface area contributed by atoms with E-state index in [1.807, 2.05) is 56.3 Å². The summed E-state index contributed by atoms with van der Waals surface area (Å²) in [7, 11) is 0. The van der Waals surface area contributed by atoms with E-state index in [1.54, 1.807) is 4.90 Å². The Balaban J connectivity index is 2.04. The molecule has 1 amide bonds. The minimum atomic E-state index is -0.328. The minimum absolute atomic E-state index is 0.328. The number of fused-ring (bicyclic) bond motifs is 1. The lowest BCUT2D eigenvalue weighted by molar-refractivity contribution is 0.166. The first-order chi connectivity index (χ1) is 10.6. The molecule has 2 aromatic carbocycles. The third kappa shape index (κ3) is 2.75. The van der Waals surface area contributed by atoms with Crippen molar-refractivity contribution in [3.05, 3.63) is 68.8 Å². The van der Waals surface area contributed by atoms with Gasteiger partial charge in [-0.15, -0.1) is 0 Å². The molecule has 0 atom stereocenters. The number of carbonyl (C=O) groups excluding carboxylic acids is 1. The molecular weight excluding hydrogens is 389 g/mol. The molecule has 0 unspecified atom stereocenters.